The minimum Gasteiger partial charge on any atom is -0.370 e. The van der Waals surface area contributed by atoms with E-state index in [-0.39, 0.29) is 5.60 Å². The molecule has 0 unspecified atom stereocenters. The van der Waals surface area contributed by atoms with Gasteiger partial charge in [0.25, 0.3) is 0 Å². The highest BCUT2D eigenvalue weighted by atomic mass is 79.9. The van der Waals surface area contributed by atoms with Gasteiger partial charge < -0.3 is 10.1 Å². The maximum atomic E-state index is 6.27. The van der Waals surface area contributed by atoms with Crippen molar-refractivity contribution >= 4 is 15.9 Å². The van der Waals surface area contributed by atoms with Gasteiger partial charge in [-0.25, -0.2) is 0 Å². The largest absolute Gasteiger partial charge is 0.370 e. The summed E-state index contributed by atoms with van der Waals surface area (Å²) in [5.41, 5.74) is 1.37. The van der Waals surface area contributed by atoms with Gasteiger partial charge in [0.05, 0.1) is 12.2 Å². The van der Waals surface area contributed by atoms with Gasteiger partial charge in [-0.15, -0.1) is 0 Å². The fourth-order valence-electron chi connectivity index (χ4n) is 2.59. The first kappa shape index (κ1) is 16.0. The van der Waals surface area contributed by atoms with E-state index in [0.717, 1.165) is 24.0 Å². The van der Waals surface area contributed by atoms with Crippen molar-refractivity contribution in [2.24, 2.45) is 5.92 Å². The van der Waals surface area contributed by atoms with Crippen LogP contribution in [0, 0.1) is 5.92 Å². The third-order valence-corrected chi connectivity index (χ3v) is 4.84. The Kier molecular flexibility index (Phi) is 6.06. The van der Waals surface area contributed by atoms with E-state index < -0.39 is 0 Å². The molecule has 1 fully saturated rings. The molecule has 0 bridgehead atoms. The molecule has 1 N–H and O–H groups in total. The van der Waals surface area contributed by atoms with Gasteiger partial charge >= 0.3 is 0 Å². The molecule has 1 aliphatic carbocycles. The van der Waals surface area contributed by atoms with Gasteiger partial charge in [0.2, 0.25) is 0 Å². The lowest BCUT2D eigenvalue weighted by molar-refractivity contribution is -0.114. The van der Waals surface area contributed by atoms with Gasteiger partial charge in [-0.2, -0.15) is 0 Å². The Morgan fingerprint density at radius 1 is 1.30 bits per heavy atom. The monoisotopic (exact) mass is 339 g/mol. The summed E-state index contributed by atoms with van der Waals surface area (Å²) >= 11 is 3.59. The molecular weight excluding hydrogens is 314 g/mol. The van der Waals surface area contributed by atoms with E-state index >= 15 is 0 Å². The first-order chi connectivity index (χ1) is 9.61. The standard InChI is InChI=1S/C17H26BrNO/c1-14(2)12-19-11-10-17(8-5-9-17)20-13-15-6-3-4-7-16(15)18/h3-4,6-7,14,19H,5,8-13H2,1-2H3. The maximum Gasteiger partial charge on any atom is 0.0735 e. The van der Waals surface area contributed by atoms with Gasteiger partial charge in [-0.3, -0.25) is 0 Å². The van der Waals surface area contributed by atoms with E-state index in [4.69, 9.17) is 4.74 Å². The van der Waals surface area contributed by atoms with Crippen LogP contribution in [-0.2, 0) is 11.3 Å². The Labute approximate surface area is 131 Å². The smallest absolute Gasteiger partial charge is 0.0735 e. The van der Waals surface area contributed by atoms with Gasteiger partial charge in [0.1, 0.15) is 0 Å². The molecule has 1 aromatic carbocycles. The quantitative estimate of drug-likeness (QED) is 0.703. The third kappa shape index (κ3) is 4.57. The zero-order valence-corrected chi connectivity index (χ0v) is 14.2. The summed E-state index contributed by atoms with van der Waals surface area (Å²) in [6.07, 6.45) is 4.85. The Morgan fingerprint density at radius 2 is 2.05 bits per heavy atom. The highest BCUT2D eigenvalue weighted by Gasteiger charge is 2.37. The van der Waals surface area contributed by atoms with Gasteiger partial charge in [0, 0.05) is 4.47 Å². The summed E-state index contributed by atoms with van der Waals surface area (Å²) in [5.74, 6) is 0.716. The zero-order chi connectivity index (χ0) is 14.4. The molecular formula is C17H26BrNO. The first-order valence-corrected chi connectivity index (χ1v) is 8.49. The topological polar surface area (TPSA) is 21.3 Å². The number of hydrogen-bond acceptors (Lipinski definition) is 2. The van der Waals surface area contributed by atoms with Crippen LogP contribution < -0.4 is 5.32 Å². The van der Waals surface area contributed by atoms with Crippen molar-refractivity contribution in [3.63, 3.8) is 0 Å². The molecule has 0 aliphatic heterocycles. The Hall–Kier alpha value is -0.380. The van der Waals surface area contributed by atoms with E-state index in [9.17, 15) is 0 Å². The van der Waals surface area contributed by atoms with Crippen LogP contribution in [0.3, 0.4) is 0 Å². The second-order valence-electron chi connectivity index (χ2n) is 6.26. The third-order valence-electron chi connectivity index (χ3n) is 4.07. The zero-order valence-electron chi connectivity index (χ0n) is 12.6. The predicted octanol–water partition coefficient (Wildman–Crippen LogP) is 4.52. The Morgan fingerprint density at radius 3 is 2.65 bits per heavy atom. The Bertz CT molecular complexity index is 415. The molecule has 1 aromatic rings. The van der Waals surface area contributed by atoms with Crippen LogP contribution in [-0.4, -0.2) is 18.7 Å². The van der Waals surface area contributed by atoms with E-state index in [0.29, 0.717) is 12.5 Å². The minimum absolute atomic E-state index is 0.124. The SMILES string of the molecule is CC(C)CNCCC1(OCc2ccccc2Br)CCC1. The normalized spacial score (nSPS) is 17.2. The lowest BCUT2D eigenvalue weighted by Crippen LogP contribution is -2.42. The molecule has 2 nitrogen and oxygen atoms in total. The van der Waals surface area contributed by atoms with E-state index in [1.54, 1.807) is 0 Å². The highest BCUT2D eigenvalue weighted by Crippen LogP contribution is 2.39. The molecule has 20 heavy (non-hydrogen) atoms. The summed E-state index contributed by atoms with van der Waals surface area (Å²) in [6, 6.07) is 8.33. The molecule has 0 saturated heterocycles. The molecule has 0 radical (unpaired) electrons. The van der Waals surface area contributed by atoms with Crippen molar-refractivity contribution in [3.8, 4) is 0 Å². The molecule has 0 spiro atoms. The summed E-state index contributed by atoms with van der Waals surface area (Å²) in [7, 11) is 0. The Balaban J connectivity index is 1.78. The molecule has 3 heteroatoms. The van der Waals surface area contributed by atoms with Crippen LogP contribution in [0.5, 0.6) is 0 Å². The fourth-order valence-corrected chi connectivity index (χ4v) is 2.99. The van der Waals surface area contributed by atoms with Crippen LogP contribution in [0.25, 0.3) is 0 Å². The molecule has 1 saturated carbocycles. The van der Waals surface area contributed by atoms with Gasteiger partial charge in [-0.1, -0.05) is 48.0 Å². The van der Waals surface area contributed by atoms with Crippen molar-refractivity contribution in [1.29, 1.82) is 0 Å². The molecule has 0 heterocycles. The van der Waals surface area contributed by atoms with Gasteiger partial charge in [-0.05, 0) is 56.3 Å². The first-order valence-electron chi connectivity index (χ1n) is 7.69. The van der Waals surface area contributed by atoms with Crippen molar-refractivity contribution in [2.45, 2.75) is 51.7 Å². The summed E-state index contributed by atoms with van der Waals surface area (Å²) in [4.78, 5) is 0. The van der Waals surface area contributed by atoms with E-state index in [2.05, 4.69) is 53.3 Å². The highest BCUT2D eigenvalue weighted by molar-refractivity contribution is 9.10. The van der Waals surface area contributed by atoms with Crippen molar-refractivity contribution in [1.82, 2.24) is 5.32 Å². The van der Waals surface area contributed by atoms with Gasteiger partial charge in [0.15, 0.2) is 0 Å². The fraction of sp³-hybridized carbons (Fsp3) is 0.647. The van der Waals surface area contributed by atoms with Crippen molar-refractivity contribution < 1.29 is 4.74 Å². The molecule has 112 valence electrons. The summed E-state index contributed by atoms with van der Waals surface area (Å²) in [5, 5.41) is 3.53. The number of ether oxygens (including phenoxy) is 1. The maximum absolute atomic E-state index is 6.27. The number of benzene rings is 1. The van der Waals surface area contributed by atoms with Crippen LogP contribution in [0.1, 0.15) is 45.1 Å². The lowest BCUT2D eigenvalue weighted by Gasteiger charge is -2.42. The molecule has 0 amide bonds. The number of hydrogen-bond donors (Lipinski definition) is 1. The van der Waals surface area contributed by atoms with Crippen LogP contribution in [0.4, 0.5) is 0 Å². The van der Waals surface area contributed by atoms with Crippen molar-refractivity contribution in [2.75, 3.05) is 13.1 Å². The van der Waals surface area contributed by atoms with E-state index in [1.165, 1.54) is 24.8 Å². The number of rotatable bonds is 8. The minimum atomic E-state index is 0.124. The molecule has 2 rings (SSSR count). The molecule has 0 aromatic heterocycles. The second kappa shape index (κ2) is 7.58. The average molecular weight is 340 g/mol. The van der Waals surface area contributed by atoms with Crippen molar-refractivity contribution in [3.05, 3.63) is 34.3 Å². The van der Waals surface area contributed by atoms with E-state index in [1.807, 2.05) is 6.07 Å². The number of nitrogens with one attached hydrogen (secondary N) is 1. The summed E-state index contributed by atoms with van der Waals surface area (Å²) < 4.78 is 7.42. The van der Waals surface area contributed by atoms with Crippen LogP contribution in [0.2, 0.25) is 0 Å². The van der Waals surface area contributed by atoms with Crippen LogP contribution >= 0.6 is 15.9 Å². The summed E-state index contributed by atoms with van der Waals surface area (Å²) in [6.45, 7) is 7.37. The van der Waals surface area contributed by atoms with Crippen LogP contribution in [0.15, 0.2) is 28.7 Å². The lowest BCUT2D eigenvalue weighted by atomic mass is 9.77. The number of halogens is 1. The second-order valence-corrected chi connectivity index (χ2v) is 7.12. The molecule has 1 aliphatic rings. The molecule has 0 atom stereocenters. The predicted molar refractivity (Wildman–Crippen MR) is 87.8 cm³/mol. The average Bonchev–Trinajstić information content (AvgIpc) is 2.37.